The van der Waals surface area contributed by atoms with Gasteiger partial charge in [-0.1, -0.05) is 0 Å². The van der Waals surface area contributed by atoms with Crippen LogP contribution in [0.2, 0.25) is 0 Å². The van der Waals surface area contributed by atoms with Crippen LogP contribution in [0, 0.1) is 0 Å². The predicted octanol–water partition coefficient (Wildman–Crippen LogP) is 3.38. The summed E-state index contributed by atoms with van der Waals surface area (Å²) >= 11 is 0. The van der Waals surface area contributed by atoms with E-state index in [-0.39, 0.29) is 11.9 Å². The number of rotatable bonds is 6. The normalized spacial score (nSPS) is 15.7. The first kappa shape index (κ1) is 20.7. The Morgan fingerprint density at radius 1 is 1.19 bits per heavy atom. The summed E-state index contributed by atoms with van der Waals surface area (Å²) < 4.78 is 5.60. The summed E-state index contributed by atoms with van der Waals surface area (Å²) in [7, 11) is 3.82. The van der Waals surface area contributed by atoms with Crippen LogP contribution in [0.15, 0.2) is 49.1 Å². The standard InChI is InChI=1S/C23H26N6O2/c1-4-31-21-17(7-5-11-25-21)22(30)29-14-6-8-19(29)20-18(16-9-12-24-13-10-16)15-26-23(27-20)28(2)3/h5,7,9-13,15,19H,4,6,8,14H2,1-3H3/t19-/m1/s1. The van der Waals surface area contributed by atoms with Gasteiger partial charge in [-0.25, -0.2) is 15.0 Å². The number of anilines is 1. The van der Waals surface area contributed by atoms with E-state index >= 15 is 0 Å². The van der Waals surface area contributed by atoms with Crippen molar-refractivity contribution >= 4 is 11.9 Å². The smallest absolute Gasteiger partial charge is 0.259 e. The van der Waals surface area contributed by atoms with E-state index in [0.29, 0.717) is 30.5 Å². The molecule has 0 aromatic carbocycles. The summed E-state index contributed by atoms with van der Waals surface area (Å²) in [4.78, 5) is 35.0. The topological polar surface area (TPSA) is 84.3 Å². The lowest BCUT2D eigenvalue weighted by molar-refractivity contribution is 0.0728. The van der Waals surface area contributed by atoms with Crippen molar-refractivity contribution in [2.24, 2.45) is 0 Å². The molecule has 31 heavy (non-hydrogen) atoms. The van der Waals surface area contributed by atoms with E-state index in [1.54, 1.807) is 30.7 Å². The average Bonchev–Trinajstić information content (AvgIpc) is 3.29. The Balaban J connectivity index is 1.76. The Labute approximate surface area is 181 Å². The number of nitrogens with zero attached hydrogens (tertiary/aromatic N) is 6. The van der Waals surface area contributed by atoms with Gasteiger partial charge in [0.1, 0.15) is 5.56 Å². The molecule has 0 N–H and O–H groups in total. The fourth-order valence-corrected chi connectivity index (χ4v) is 3.86. The SMILES string of the molecule is CCOc1ncccc1C(=O)N1CCC[C@@H]1c1nc(N(C)C)ncc1-c1ccncc1. The molecular formula is C23H26N6O2. The van der Waals surface area contributed by atoms with Crippen molar-refractivity contribution in [2.75, 3.05) is 32.1 Å². The maximum Gasteiger partial charge on any atom is 0.259 e. The van der Waals surface area contributed by atoms with E-state index in [0.717, 1.165) is 29.7 Å². The number of hydrogen-bond donors (Lipinski definition) is 0. The van der Waals surface area contributed by atoms with Crippen LogP contribution < -0.4 is 9.64 Å². The number of carbonyl (C=O) groups excluding carboxylic acids is 1. The number of hydrogen-bond acceptors (Lipinski definition) is 7. The molecule has 160 valence electrons. The minimum Gasteiger partial charge on any atom is -0.477 e. The van der Waals surface area contributed by atoms with Gasteiger partial charge < -0.3 is 14.5 Å². The zero-order chi connectivity index (χ0) is 21.8. The summed E-state index contributed by atoms with van der Waals surface area (Å²) in [5, 5.41) is 0. The molecule has 8 nitrogen and oxygen atoms in total. The molecule has 0 spiro atoms. The lowest BCUT2D eigenvalue weighted by Gasteiger charge is -2.27. The maximum absolute atomic E-state index is 13.5. The summed E-state index contributed by atoms with van der Waals surface area (Å²) in [5.74, 6) is 0.889. The third-order valence-electron chi connectivity index (χ3n) is 5.31. The van der Waals surface area contributed by atoms with Crippen LogP contribution in [-0.2, 0) is 0 Å². The van der Waals surface area contributed by atoms with Crippen LogP contribution >= 0.6 is 0 Å². The van der Waals surface area contributed by atoms with Crippen molar-refractivity contribution in [2.45, 2.75) is 25.8 Å². The maximum atomic E-state index is 13.5. The quantitative estimate of drug-likeness (QED) is 0.607. The summed E-state index contributed by atoms with van der Waals surface area (Å²) in [6, 6.07) is 7.25. The Kier molecular flexibility index (Phi) is 6.06. The van der Waals surface area contributed by atoms with Crippen LogP contribution in [-0.4, -0.2) is 58.0 Å². The van der Waals surface area contributed by atoms with Crippen LogP contribution in [0.3, 0.4) is 0 Å². The third-order valence-corrected chi connectivity index (χ3v) is 5.31. The minimum atomic E-state index is -0.160. The van der Waals surface area contributed by atoms with Gasteiger partial charge in [-0.15, -0.1) is 0 Å². The molecule has 4 heterocycles. The van der Waals surface area contributed by atoms with E-state index in [2.05, 4.69) is 15.0 Å². The molecule has 3 aromatic heterocycles. The van der Waals surface area contributed by atoms with Crippen LogP contribution in [0.1, 0.15) is 41.9 Å². The first-order chi connectivity index (χ1) is 15.1. The van der Waals surface area contributed by atoms with Crippen molar-refractivity contribution in [3.8, 4) is 17.0 Å². The van der Waals surface area contributed by atoms with Gasteiger partial charge in [0.15, 0.2) is 0 Å². The highest BCUT2D eigenvalue weighted by Gasteiger charge is 2.35. The average molecular weight is 419 g/mol. The molecule has 0 aliphatic carbocycles. The number of carbonyl (C=O) groups is 1. The highest BCUT2D eigenvalue weighted by Crippen LogP contribution is 2.38. The van der Waals surface area contributed by atoms with E-state index < -0.39 is 0 Å². The molecule has 0 radical (unpaired) electrons. The lowest BCUT2D eigenvalue weighted by atomic mass is 10.0. The second-order valence-corrected chi connectivity index (χ2v) is 7.54. The van der Waals surface area contributed by atoms with Gasteiger partial charge >= 0.3 is 0 Å². The van der Waals surface area contributed by atoms with Crippen molar-refractivity contribution < 1.29 is 9.53 Å². The second kappa shape index (κ2) is 9.07. The fourth-order valence-electron chi connectivity index (χ4n) is 3.86. The Bertz CT molecular complexity index is 1060. The molecule has 1 aliphatic heterocycles. The molecule has 1 amide bonds. The number of amides is 1. The summed E-state index contributed by atoms with van der Waals surface area (Å²) in [5.41, 5.74) is 3.21. The molecule has 1 aliphatic rings. The van der Waals surface area contributed by atoms with Gasteiger partial charge in [-0.3, -0.25) is 9.78 Å². The van der Waals surface area contributed by atoms with Crippen LogP contribution in [0.25, 0.3) is 11.1 Å². The Morgan fingerprint density at radius 2 is 2.00 bits per heavy atom. The molecular weight excluding hydrogens is 392 g/mol. The molecule has 8 heteroatoms. The van der Waals surface area contributed by atoms with Crippen molar-refractivity contribution in [1.29, 1.82) is 0 Å². The minimum absolute atomic E-state index is 0.0928. The summed E-state index contributed by atoms with van der Waals surface area (Å²) in [6.45, 7) is 2.98. The largest absolute Gasteiger partial charge is 0.477 e. The molecule has 4 rings (SSSR count). The van der Waals surface area contributed by atoms with E-state index in [1.165, 1.54) is 0 Å². The fraction of sp³-hybridized carbons (Fsp3) is 0.348. The monoisotopic (exact) mass is 418 g/mol. The number of likely N-dealkylation sites (tertiary alicyclic amines) is 1. The highest BCUT2D eigenvalue weighted by molar-refractivity contribution is 5.97. The Hall–Kier alpha value is -3.55. The zero-order valence-corrected chi connectivity index (χ0v) is 18.0. The number of pyridine rings is 2. The van der Waals surface area contributed by atoms with Gasteiger partial charge in [-0.05, 0) is 49.6 Å². The molecule has 3 aromatic rings. The second-order valence-electron chi connectivity index (χ2n) is 7.54. The van der Waals surface area contributed by atoms with Crippen LogP contribution in [0.4, 0.5) is 5.95 Å². The van der Waals surface area contributed by atoms with Gasteiger partial charge in [-0.2, -0.15) is 0 Å². The Morgan fingerprint density at radius 3 is 2.74 bits per heavy atom. The first-order valence-corrected chi connectivity index (χ1v) is 10.4. The molecule has 0 bridgehead atoms. The van der Waals surface area contributed by atoms with Gasteiger partial charge in [0.2, 0.25) is 11.8 Å². The molecule has 1 atom stereocenters. The van der Waals surface area contributed by atoms with Crippen molar-refractivity contribution in [1.82, 2.24) is 24.8 Å². The van der Waals surface area contributed by atoms with Crippen molar-refractivity contribution in [3.63, 3.8) is 0 Å². The number of aromatic nitrogens is 4. The van der Waals surface area contributed by atoms with E-state index in [4.69, 9.17) is 9.72 Å². The summed E-state index contributed by atoms with van der Waals surface area (Å²) in [6.07, 6.45) is 8.71. The van der Waals surface area contributed by atoms with Crippen LogP contribution in [0.5, 0.6) is 5.88 Å². The molecule has 0 unspecified atom stereocenters. The zero-order valence-electron chi connectivity index (χ0n) is 18.0. The molecule has 1 fully saturated rings. The number of ether oxygens (including phenoxy) is 1. The van der Waals surface area contributed by atoms with Gasteiger partial charge in [0.05, 0.1) is 18.3 Å². The van der Waals surface area contributed by atoms with Gasteiger partial charge in [0.25, 0.3) is 5.91 Å². The molecule has 1 saturated heterocycles. The highest BCUT2D eigenvalue weighted by atomic mass is 16.5. The predicted molar refractivity (Wildman–Crippen MR) is 118 cm³/mol. The third kappa shape index (κ3) is 4.19. The first-order valence-electron chi connectivity index (χ1n) is 10.4. The molecule has 0 saturated carbocycles. The van der Waals surface area contributed by atoms with Gasteiger partial charge in [0, 0.05) is 51.0 Å². The van der Waals surface area contributed by atoms with E-state index in [1.807, 2.05) is 49.1 Å². The lowest BCUT2D eigenvalue weighted by Crippen LogP contribution is -2.32. The van der Waals surface area contributed by atoms with E-state index in [9.17, 15) is 4.79 Å². The van der Waals surface area contributed by atoms with Crippen molar-refractivity contribution in [3.05, 3.63) is 60.3 Å².